The zero-order valence-corrected chi connectivity index (χ0v) is 12.8. The van der Waals surface area contributed by atoms with Gasteiger partial charge in [-0.3, -0.25) is 4.90 Å². The molecule has 0 aromatic heterocycles. The summed E-state index contributed by atoms with van der Waals surface area (Å²) < 4.78 is 0. The molecule has 0 atom stereocenters. The zero-order valence-electron chi connectivity index (χ0n) is 12.8. The maximum Gasteiger partial charge on any atom is 0.0239 e. The Bertz CT molecular complexity index is 356. The van der Waals surface area contributed by atoms with Gasteiger partial charge in [-0.1, -0.05) is 68.9 Å². The molecule has 1 nitrogen and oxygen atoms in total. The van der Waals surface area contributed by atoms with E-state index in [9.17, 15) is 0 Å². The molecule has 1 aromatic carbocycles. The Hall–Kier alpha value is -0.820. The van der Waals surface area contributed by atoms with Gasteiger partial charge in [0.15, 0.2) is 0 Å². The molecule has 0 unspecified atom stereocenters. The fraction of sp³-hybridized carbons (Fsp3) is 0.684. The van der Waals surface area contributed by atoms with Crippen molar-refractivity contribution in [1.82, 2.24) is 4.90 Å². The standard InChI is InChI=1S/C19H29N/c1-4-10-17(11-5-1)16-20(18-12-6-2-7-13-18)19-14-8-3-9-15-19/h1,4-5,10-11,18-19H,2-3,6-9,12-16H2. The lowest BCUT2D eigenvalue weighted by Crippen LogP contribution is -2.44. The maximum absolute atomic E-state index is 2.88. The molecule has 0 saturated heterocycles. The van der Waals surface area contributed by atoms with Crippen LogP contribution in [0, 0.1) is 0 Å². The molecular formula is C19H29N. The Morgan fingerprint density at radius 3 is 1.70 bits per heavy atom. The van der Waals surface area contributed by atoms with Crippen LogP contribution in [0.5, 0.6) is 0 Å². The quantitative estimate of drug-likeness (QED) is 0.731. The van der Waals surface area contributed by atoms with Crippen molar-refractivity contribution in [2.75, 3.05) is 0 Å². The van der Waals surface area contributed by atoms with Gasteiger partial charge < -0.3 is 0 Å². The third kappa shape index (κ3) is 3.63. The van der Waals surface area contributed by atoms with E-state index in [2.05, 4.69) is 35.2 Å². The molecule has 2 aliphatic carbocycles. The molecular weight excluding hydrogens is 242 g/mol. The fourth-order valence-corrected chi connectivity index (χ4v) is 4.18. The lowest BCUT2D eigenvalue weighted by Gasteiger charge is -2.41. The van der Waals surface area contributed by atoms with Gasteiger partial charge in [0.1, 0.15) is 0 Å². The van der Waals surface area contributed by atoms with Gasteiger partial charge in [0.25, 0.3) is 0 Å². The Kier molecular flexibility index (Phi) is 5.13. The van der Waals surface area contributed by atoms with Crippen LogP contribution in [-0.2, 0) is 6.54 Å². The van der Waals surface area contributed by atoms with Gasteiger partial charge in [-0.05, 0) is 31.2 Å². The summed E-state index contributed by atoms with van der Waals surface area (Å²) in [5.41, 5.74) is 1.50. The first-order valence-corrected chi connectivity index (χ1v) is 8.73. The van der Waals surface area contributed by atoms with Gasteiger partial charge in [0.2, 0.25) is 0 Å². The van der Waals surface area contributed by atoms with Gasteiger partial charge in [0.05, 0.1) is 0 Å². The number of rotatable bonds is 4. The third-order valence-corrected chi connectivity index (χ3v) is 5.30. The molecule has 0 spiro atoms. The first kappa shape index (κ1) is 14.1. The largest absolute Gasteiger partial charge is 0.293 e. The van der Waals surface area contributed by atoms with Crippen LogP contribution in [0.15, 0.2) is 30.3 Å². The lowest BCUT2D eigenvalue weighted by atomic mass is 9.88. The Morgan fingerprint density at radius 2 is 1.20 bits per heavy atom. The van der Waals surface area contributed by atoms with Crippen molar-refractivity contribution in [1.29, 1.82) is 0 Å². The second-order valence-corrected chi connectivity index (χ2v) is 6.74. The van der Waals surface area contributed by atoms with Crippen LogP contribution >= 0.6 is 0 Å². The normalized spacial score (nSPS) is 22.2. The number of hydrogen-bond donors (Lipinski definition) is 0. The first-order valence-electron chi connectivity index (χ1n) is 8.73. The molecule has 0 N–H and O–H groups in total. The summed E-state index contributed by atoms with van der Waals surface area (Å²) in [6.07, 6.45) is 14.4. The average Bonchev–Trinajstić information content (AvgIpc) is 2.55. The van der Waals surface area contributed by atoms with E-state index in [4.69, 9.17) is 0 Å². The van der Waals surface area contributed by atoms with Gasteiger partial charge in [-0.15, -0.1) is 0 Å². The van der Waals surface area contributed by atoms with Crippen LogP contribution in [0.3, 0.4) is 0 Å². The van der Waals surface area contributed by atoms with Crippen molar-refractivity contribution < 1.29 is 0 Å². The molecule has 2 fully saturated rings. The van der Waals surface area contributed by atoms with Crippen molar-refractivity contribution in [3.05, 3.63) is 35.9 Å². The molecule has 0 amide bonds. The van der Waals surface area contributed by atoms with Crippen LogP contribution in [0.1, 0.15) is 69.8 Å². The topological polar surface area (TPSA) is 3.24 Å². The van der Waals surface area contributed by atoms with E-state index < -0.39 is 0 Å². The summed E-state index contributed by atoms with van der Waals surface area (Å²) >= 11 is 0. The van der Waals surface area contributed by atoms with Gasteiger partial charge >= 0.3 is 0 Å². The average molecular weight is 271 g/mol. The minimum Gasteiger partial charge on any atom is -0.293 e. The molecule has 2 saturated carbocycles. The fourth-order valence-electron chi connectivity index (χ4n) is 4.18. The molecule has 1 heteroatoms. The maximum atomic E-state index is 2.88. The van der Waals surface area contributed by atoms with E-state index in [1.807, 2.05) is 0 Å². The van der Waals surface area contributed by atoms with Crippen molar-refractivity contribution in [3.63, 3.8) is 0 Å². The van der Waals surface area contributed by atoms with E-state index >= 15 is 0 Å². The monoisotopic (exact) mass is 271 g/mol. The van der Waals surface area contributed by atoms with Crippen molar-refractivity contribution in [2.24, 2.45) is 0 Å². The Balaban J connectivity index is 1.71. The summed E-state index contributed by atoms with van der Waals surface area (Å²) in [4.78, 5) is 2.88. The number of benzene rings is 1. The summed E-state index contributed by atoms with van der Waals surface area (Å²) in [5, 5.41) is 0. The second kappa shape index (κ2) is 7.26. The van der Waals surface area contributed by atoms with E-state index in [1.165, 1.54) is 76.3 Å². The Morgan fingerprint density at radius 1 is 0.700 bits per heavy atom. The third-order valence-electron chi connectivity index (χ3n) is 5.30. The predicted octanol–water partition coefficient (Wildman–Crippen LogP) is 5.15. The highest BCUT2D eigenvalue weighted by atomic mass is 15.2. The summed E-state index contributed by atoms with van der Waals surface area (Å²) in [7, 11) is 0. The molecule has 20 heavy (non-hydrogen) atoms. The van der Waals surface area contributed by atoms with Gasteiger partial charge in [-0.2, -0.15) is 0 Å². The van der Waals surface area contributed by atoms with Crippen molar-refractivity contribution >= 4 is 0 Å². The first-order chi connectivity index (χ1) is 9.93. The van der Waals surface area contributed by atoms with Crippen molar-refractivity contribution in [2.45, 2.75) is 82.8 Å². The molecule has 0 aliphatic heterocycles. The SMILES string of the molecule is c1ccc(CN(C2CCCCC2)C2CCCCC2)cc1. The van der Waals surface area contributed by atoms with E-state index in [-0.39, 0.29) is 0 Å². The van der Waals surface area contributed by atoms with Crippen LogP contribution in [0.4, 0.5) is 0 Å². The smallest absolute Gasteiger partial charge is 0.0239 e. The second-order valence-electron chi connectivity index (χ2n) is 6.74. The molecule has 0 heterocycles. The molecule has 0 bridgehead atoms. The number of nitrogens with zero attached hydrogens (tertiary/aromatic N) is 1. The molecule has 2 aliphatic rings. The highest BCUT2D eigenvalue weighted by Gasteiger charge is 2.28. The molecule has 110 valence electrons. The molecule has 1 aromatic rings. The predicted molar refractivity (Wildman–Crippen MR) is 85.7 cm³/mol. The molecule has 3 rings (SSSR count). The number of hydrogen-bond acceptors (Lipinski definition) is 1. The van der Waals surface area contributed by atoms with Crippen molar-refractivity contribution in [3.8, 4) is 0 Å². The van der Waals surface area contributed by atoms with Crippen LogP contribution in [0.25, 0.3) is 0 Å². The zero-order chi connectivity index (χ0) is 13.6. The van der Waals surface area contributed by atoms with E-state index in [0.717, 1.165) is 12.1 Å². The summed E-state index contributed by atoms with van der Waals surface area (Å²) in [6, 6.07) is 12.8. The molecule has 0 radical (unpaired) electrons. The minimum atomic E-state index is 0.854. The highest BCUT2D eigenvalue weighted by Crippen LogP contribution is 2.31. The van der Waals surface area contributed by atoms with E-state index in [0.29, 0.717) is 0 Å². The van der Waals surface area contributed by atoms with Gasteiger partial charge in [-0.25, -0.2) is 0 Å². The van der Waals surface area contributed by atoms with Gasteiger partial charge in [0, 0.05) is 18.6 Å². The van der Waals surface area contributed by atoms with Crippen LogP contribution in [-0.4, -0.2) is 17.0 Å². The van der Waals surface area contributed by atoms with Crippen LogP contribution < -0.4 is 0 Å². The highest BCUT2D eigenvalue weighted by molar-refractivity contribution is 5.15. The lowest BCUT2D eigenvalue weighted by molar-refractivity contribution is 0.0731. The van der Waals surface area contributed by atoms with E-state index in [1.54, 1.807) is 0 Å². The minimum absolute atomic E-state index is 0.854. The van der Waals surface area contributed by atoms with Crippen LogP contribution in [0.2, 0.25) is 0 Å². The summed E-state index contributed by atoms with van der Waals surface area (Å²) in [6.45, 7) is 1.18. The Labute approximate surface area is 124 Å². The summed E-state index contributed by atoms with van der Waals surface area (Å²) in [5.74, 6) is 0.